The summed E-state index contributed by atoms with van der Waals surface area (Å²) < 4.78 is 59.8. The molecule has 0 amide bonds. The second-order valence-corrected chi connectivity index (χ2v) is 8.74. The zero-order valence-corrected chi connectivity index (χ0v) is 18.0. The maximum atomic E-state index is 14.1. The normalized spacial score (nSPS) is 20.0. The van der Waals surface area contributed by atoms with E-state index in [0.717, 1.165) is 29.1 Å². The van der Waals surface area contributed by atoms with Crippen LogP contribution in [0.15, 0.2) is 46.9 Å². The van der Waals surface area contributed by atoms with Crippen LogP contribution in [0.5, 0.6) is 5.75 Å². The van der Waals surface area contributed by atoms with Gasteiger partial charge in [0.05, 0.1) is 12.6 Å². The fourth-order valence-corrected chi connectivity index (χ4v) is 4.68. The van der Waals surface area contributed by atoms with Crippen LogP contribution in [0, 0.1) is 0 Å². The molecular formula is C22H21BrF4N2O. The van der Waals surface area contributed by atoms with Gasteiger partial charge in [0.1, 0.15) is 5.75 Å². The van der Waals surface area contributed by atoms with E-state index < -0.39 is 25.1 Å². The van der Waals surface area contributed by atoms with Crippen LogP contribution < -0.4 is 4.74 Å². The highest BCUT2D eigenvalue weighted by Crippen LogP contribution is 2.45. The van der Waals surface area contributed by atoms with E-state index in [1.165, 1.54) is 6.07 Å². The predicted molar refractivity (Wildman–Crippen MR) is 111 cm³/mol. The molecule has 1 aromatic heterocycles. The highest BCUT2D eigenvalue weighted by molar-refractivity contribution is 9.10. The number of alkyl halides is 4. The van der Waals surface area contributed by atoms with Gasteiger partial charge in [-0.2, -0.15) is 8.78 Å². The number of hydrogen-bond donors (Lipinski definition) is 1. The zero-order chi connectivity index (χ0) is 21.6. The molecule has 0 bridgehead atoms. The van der Waals surface area contributed by atoms with Gasteiger partial charge in [-0.15, -0.1) is 0 Å². The molecule has 3 aromatic rings. The molecule has 0 fully saturated rings. The number of fused-ring (bicyclic) bond motifs is 3. The molecule has 30 heavy (non-hydrogen) atoms. The van der Waals surface area contributed by atoms with Crippen molar-refractivity contribution in [3.05, 3.63) is 63.8 Å². The molecule has 0 saturated carbocycles. The monoisotopic (exact) mass is 484 g/mol. The first kappa shape index (κ1) is 21.2. The highest BCUT2D eigenvalue weighted by atomic mass is 79.9. The molecule has 1 aliphatic rings. The second-order valence-electron chi connectivity index (χ2n) is 7.82. The van der Waals surface area contributed by atoms with E-state index in [2.05, 4.69) is 20.9 Å². The van der Waals surface area contributed by atoms with E-state index in [1.54, 1.807) is 17.0 Å². The molecule has 2 atom stereocenters. The van der Waals surface area contributed by atoms with Crippen LogP contribution >= 0.6 is 15.9 Å². The molecule has 0 spiro atoms. The van der Waals surface area contributed by atoms with Gasteiger partial charge in [0, 0.05) is 39.6 Å². The average Bonchev–Trinajstić information content (AvgIpc) is 3.00. The third kappa shape index (κ3) is 4.07. The van der Waals surface area contributed by atoms with E-state index in [-0.39, 0.29) is 11.8 Å². The lowest BCUT2D eigenvalue weighted by atomic mass is 9.88. The molecule has 1 unspecified atom stereocenters. The fourth-order valence-electron chi connectivity index (χ4n) is 4.34. The van der Waals surface area contributed by atoms with E-state index in [0.29, 0.717) is 16.5 Å². The topological polar surface area (TPSA) is 28.3 Å². The summed E-state index contributed by atoms with van der Waals surface area (Å²) in [5.74, 6) is -2.98. The minimum absolute atomic E-state index is 0.0347. The zero-order valence-electron chi connectivity index (χ0n) is 16.4. The van der Waals surface area contributed by atoms with Gasteiger partial charge in [-0.05, 0) is 37.1 Å². The summed E-state index contributed by atoms with van der Waals surface area (Å²) in [7, 11) is 0. The van der Waals surface area contributed by atoms with E-state index in [4.69, 9.17) is 4.74 Å². The smallest absolute Gasteiger partial charge is 0.387 e. The number of nitrogens with one attached hydrogen (secondary N) is 1. The molecule has 0 radical (unpaired) electrons. The van der Waals surface area contributed by atoms with Crippen molar-refractivity contribution in [1.29, 1.82) is 0 Å². The second kappa shape index (κ2) is 7.89. The summed E-state index contributed by atoms with van der Waals surface area (Å²) in [6, 6.07) is 11.6. The van der Waals surface area contributed by atoms with Gasteiger partial charge < -0.3 is 9.72 Å². The van der Waals surface area contributed by atoms with Crippen molar-refractivity contribution in [1.82, 2.24) is 9.88 Å². The van der Waals surface area contributed by atoms with Crippen molar-refractivity contribution in [3.63, 3.8) is 0 Å². The lowest BCUT2D eigenvalue weighted by Gasteiger charge is -2.42. The number of ether oxygens (including phenoxy) is 1. The number of para-hydroxylation sites is 1. The summed E-state index contributed by atoms with van der Waals surface area (Å²) in [4.78, 5) is 5.02. The Balaban J connectivity index is 1.94. The Morgan fingerprint density at radius 1 is 1.23 bits per heavy atom. The number of nitrogens with zero attached hydrogens (tertiary/aromatic N) is 1. The Labute approximate surface area is 180 Å². The van der Waals surface area contributed by atoms with Crippen LogP contribution in [0.25, 0.3) is 10.9 Å². The van der Waals surface area contributed by atoms with Gasteiger partial charge in [0.15, 0.2) is 0 Å². The van der Waals surface area contributed by atoms with Crippen molar-refractivity contribution < 1.29 is 22.3 Å². The number of rotatable bonds is 5. The molecule has 160 valence electrons. The molecule has 0 aliphatic carbocycles. The van der Waals surface area contributed by atoms with Gasteiger partial charge in [-0.3, -0.25) is 4.90 Å². The van der Waals surface area contributed by atoms with Gasteiger partial charge in [-0.1, -0.05) is 40.2 Å². The number of halogens is 5. The maximum absolute atomic E-state index is 14.1. The summed E-state index contributed by atoms with van der Waals surface area (Å²) >= 11 is 3.28. The molecule has 3 nitrogen and oxygen atoms in total. The largest absolute Gasteiger partial charge is 0.434 e. The minimum Gasteiger partial charge on any atom is -0.434 e. The van der Waals surface area contributed by atoms with E-state index in [1.807, 2.05) is 31.2 Å². The Morgan fingerprint density at radius 3 is 2.67 bits per heavy atom. The van der Waals surface area contributed by atoms with Gasteiger partial charge in [0.25, 0.3) is 5.92 Å². The highest BCUT2D eigenvalue weighted by Gasteiger charge is 2.41. The number of H-pyrrole nitrogens is 1. The summed E-state index contributed by atoms with van der Waals surface area (Å²) in [6.07, 6.45) is 0.577. The van der Waals surface area contributed by atoms with E-state index in [9.17, 15) is 17.6 Å². The first-order valence-electron chi connectivity index (χ1n) is 9.61. The Bertz CT molecular complexity index is 1060. The quantitative estimate of drug-likeness (QED) is 0.417. The Kier molecular flexibility index (Phi) is 5.57. The van der Waals surface area contributed by atoms with Crippen LogP contribution in [-0.2, 0) is 6.42 Å². The lowest BCUT2D eigenvalue weighted by Crippen LogP contribution is -2.47. The van der Waals surface area contributed by atoms with Crippen molar-refractivity contribution in [2.24, 2.45) is 0 Å². The van der Waals surface area contributed by atoms with Crippen LogP contribution in [0.4, 0.5) is 17.6 Å². The summed E-state index contributed by atoms with van der Waals surface area (Å²) in [6.45, 7) is -0.772. The number of benzene rings is 2. The van der Waals surface area contributed by atoms with Crippen LogP contribution in [-0.4, -0.2) is 35.0 Å². The lowest BCUT2D eigenvalue weighted by molar-refractivity contribution is -0.0543. The molecule has 4 rings (SSSR count). The van der Waals surface area contributed by atoms with Crippen molar-refractivity contribution in [2.45, 2.75) is 44.9 Å². The van der Waals surface area contributed by atoms with E-state index >= 15 is 0 Å². The molecule has 2 aromatic carbocycles. The van der Waals surface area contributed by atoms with Crippen molar-refractivity contribution in [2.75, 3.05) is 6.54 Å². The fraction of sp³-hybridized carbons (Fsp3) is 0.364. The summed E-state index contributed by atoms with van der Waals surface area (Å²) in [5.41, 5.74) is 3.06. The first-order chi connectivity index (χ1) is 14.1. The molecular weight excluding hydrogens is 464 g/mol. The minimum atomic E-state index is -3.03. The predicted octanol–water partition coefficient (Wildman–Crippen LogP) is 6.52. The maximum Gasteiger partial charge on any atom is 0.387 e. The standard InChI is InChI=1S/C22H21BrF4N2O/c1-12-9-16-14-5-3-4-6-17(14)28-19(16)20(29(12)11-22(2,26)27)15-8-7-13(23)10-18(15)30-21(24)25/h3-8,10,12,20-21,28H,9,11H2,1-2H3/t12-,20?/m1/s1. The van der Waals surface area contributed by atoms with Crippen LogP contribution in [0.3, 0.4) is 0 Å². The van der Waals surface area contributed by atoms with Crippen molar-refractivity contribution in [3.8, 4) is 5.75 Å². The molecule has 1 N–H and O–H groups in total. The van der Waals surface area contributed by atoms with Crippen LogP contribution in [0.1, 0.15) is 36.7 Å². The molecule has 2 heterocycles. The molecule has 8 heteroatoms. The Morgan fingerprint density at radius 2 is 1.97 bits per heavy atom. The third-order valence-corrected chi connectivity index (χ3v) is 5.96. The van der Waals surface area contributed by atoms with Gasteiger partial charge in [0.2, 0.25) is 0 Å². The third-order valence-electron chi connectivity index (χ3n) is 5.46. The Hall–Kier alpha value is -2.06. The SMILES string of the molecule is C[C@@H]1Cc2c([nH]c3ccccc23)C(c2ccc(Br)cc2OC(F)F)N1CC(C)(F)F. The number of aromatic nitrogens is 1. The molecule has 1 aliphatic heterocycles. The number of aromatic amines is 1. The summed E-state index contributed by atoms with van der Waals surface area (Å²) in [5, 5.41) is 1.01. The number of hydrogen-bond acceptors (Lipinski definition) is 2. The van der Waals surface area contributed by atoms with Gasteiger partial charge in [-0.25, -0.2) is 8.78 Å². The molecule has 0 saturated heterocycles. The van der Waals surface area contributed by atoms with Crippen LogP contribution in [0.2, 0.25) is 0 Å². The van der Waals surface area contributed by atoms with Crippen molar-refractivity contribution >= 4 is 26.8 Å². The van der Waals surface area contributed by atoms with Gasteiger partial charge >= 0.3 is 6.61 Å². The average molecular weight is 485 g/mol. The first-order valence-corrected chi connectivity index (χ1v) is 10.4.